The van der Waals surface area contributed by atoms with Gasteiger partial charge in [0.15, 0.2) is 5.78 Å². The number of nitrogens with one attached hydrogen (secondary N) is 1. The van der Waals surface area contributed by atoms with E-state index in [9.17, 15) is 9.59 Å². The second-order valence-electron chi connectivity index (χ2n) is 4.79. The van der Waals surface area contributed by atoms with E-state index in [1.165, 1.54) is 24.2 Å². The summed E-state index contributed by atoms with van der Waals surface area (Å²) in [5, 5.41) is 2.81. The summed E-state index contributed by atoms with van der Waals surface area (Å²) in [6.07, 6.45) is 0. The summed E-state index contributed by atoms with van der Waals surface area (Å²) in [5.74, 6) is 0.245. The van der Waals surface area contributed by atoms with Crippen LogP contribution in [0, 0.1) is 6.92 Å². The zero-order valence-electron chi connectivity index (χ0n) is 12.1. The van der Waals surface area contributed by atoms with E-state index < -0.39 is 0 Å². The molecule has 21 heavy (non-hydrogen) atoms. The molecular weight excluding hydrogens is 282 g/mol. The minimum atomic E-state index is -0.0822. The van der Waals surface area contributed by atoms with Crippen LogP contribution in [0.3, 0.4) is 0 Å². The Balaban J connectivity index is 1.91. The Hall–Kier alpha value is -2.07. The maximum Gasteiger partial charge on any atom is 0.234 e. The molecule has 2 aromatic carbocycles. The van der Waals surface area contributed by atoms with Crippen molar-refractivity contribution >= 4 is 29.1 Å². The number of aryl methyl sites for hydroxylation is 1. The third kappa shape index (κ3) is 4.76. The van der Waals surface area contributed by atoms with Crippen LogP contribution in [0.2, 0.25) is 0 Å². The topological polar surface area (TPSA) is 46.2 Å². The summed E-state index contributed by atoms with van der Waals surface area (Å²) in [6, 6.07) is 15.0. The van der Waals surface area contributed by atoms with Gasteiger partial charge >= 0.3 is 0 Å². The number of carbonyl (C=O) groups excluding carboxylic acids is 2. The average molecular weight is 299 g/mol. The summed E-state index contributed by atoms with van der Waals surface area (Å²) in [5.41, 5.74) is 2.45. The number of Topliss-reactive ketones (excluding diaryl/α,β-unsaturated/α-hetero) is 1. The zero-order chi connectivity index (χ0) is 15.2. The van der Waals surface area contributed by atoms with E-state index in [1.807, 2.05) is 31.2 Å². The Kier molecular flexibility index (Phi) is 5.17. The van der Waals surface area contributed by atoms with Crippen molar-refractivity contribution in [2.24, 2.45) is 0 Å². The smallest absolute Gasteiger partial charge is 0.234 e. The number of amides is 1. The summed E-state index contributed by atoms with van der Waals surface area (Å²) in [6.45, 7) is 3.54. The molecule has 0 heterocycles. The highest BCUT2D eigenvalue weighted by molar-refractivity contribution is 8.00. The molecule has 0 aliphatic heterocycles. The van der Waals surface area contributed by atoms with Crippen molar-refractivity contribution < 1.29 is 9.59 Å². The first kappa shape index (κ1) is 15.3. The minimum absolute atomic E-state index is 0.0138. The molecule has 2 rings (SSSR count). The Morgan fingerprint density at radius 3 is 2.48 bits per heavy atom. The highest BCUT2D eigenvalue weighted by atomic mass is 32.2. The van der Waals surface area contributed by atoms with Crippen LogP contribution in [0.15, 0.2) is 53.4 Å². The summed E-state index contributed by atoms with van der Waals surface area (Å²) in [7, 11) is 0. The summed E-state index contributed by atoms with van der Waals surface area (Å²) < 4.78 is 0. The molecule has 0 bridgehead atoms. The van der Waals surface area contributed by atoms with E-state index in [0.717, 1.165) is 4.90 Å². The Morgan fingerprint density at radius 1 is 1.10 bits per heavy atom. The number of carbonyl (C=O) groups is 2. The molecule has 0 saturated heterocycles. The lowest BCUT2D eigenvalue weighted by atomic mass is 10.1. The largest absolute Gasteiger partial charge is 0.325 e. The maximum atomic E-state index is 11.9. The molecule has 0 spiro atoms. The van der Waals surface area contributed by atoms with E-state index >= 15 is 0 Å². The molecule has 0 saturated carbocycles. The van der Waals surface area contributed by atoms with Crippen LogP contribution in [-0.2, 0) is 4.79 Å². The highest BCUT2D eigenvalue weighted by Crippen LogP contribution is 2.19. The van der Waals surface area contributed by atoms with Crippen LogP contribution in [0.5, 0.6) is 0 Å². The summed E-state index contributed by atoms with van der Waals surface area (Å²) >= 11 is 1.49. The number of thioether (sulfide) groups is 1. The Morgan fingerprint density at radius 2 is 1.81 bits per heavy atom. The molecule has 0 radical (unpaired) electrons. The van der Waals surface area contributed by atoms with E-state index in [1.54, 1.807) is 24.3 Å². The van der Waals surface area contributed by atoms with Crippen molar-refractivity contribution in [3.63, 3.8) is 0 Å². The van der Waals surface area contributed by atoms with E-state index in [2.05, 4.69) is 5.32 Å². The quantitative estimate of drug-likeness (QED) is 0.672. The third-order valence-corrected chi connectivity index (χ3v) is 3.96. The molecule has 2 aromatic rings. The first-order valence-electron chi connectivity index (χ1n) is 6.65. The number of ketones is 1. The van der Waals surface area contributed by atoms with Gasteiger partial charge in [-0.3, -0.25) is 9.59 Å². The fraction of sp³-hybridized carbons (Fsp3) is 0.176. The molecule has 1 amide bonds. The minimum Gasteiger partial charge on any atom is -0.325 e. The number of anilines is 1. The average Bonchev–Trinajstić information content (AvgIpc) is 2.47. The Labute approximate surface area is 128 Å². The molecule has 0 fully saturated rings. The molecule has 1 N–H and O–H groups in total. The van der Waals surface area contributed by atoms with Crippen LogP contribution < -0.4 is 5.32 Å². The lowest BCUT2D eigenvalue weighted by Gasteiger charge is -2.06. The fourth-order valence-electron chi connectivity index (χ4n) is 1.80. The fourth-order valence-corrected chi connectivity index (χ4v) is 2.49. The van der Waals surface area contributed by atoms with Crippen LogP contribution >= 0.6 is 11.8 Å². The van der Waals surface area contributed by atoms with Crippen LogP contribution in [-0.4, -0.2) is 17.4 Å². The standard InChI is InChI=1S/C17H17NO2S/c1-12-6-8-16(9-7-12)21-11-17(20)18-15-5-3-4-14(10-15)13(2)19/h3-10H,11H2,1-2H3,(H,18,20). The van der Waals surface area contributed by atoms with Crippen molar-refractivity contribution in [2.75, 3.05) is 11.1 Å². The second kappa shape index (κ2) is 7.09. The van der Waals surface area contributed by atoms with Gasteiger partial charge in [0, 0.05) is 16.1 Å². The van der Waals surface area contributed by atoms with Crippen molar-refractivity contribution in [1.29, 1.82) is 0 Å². The zero-order valence-corrected chi connectivity index (χ0v) is 12.9. The number of hydrogen-bond donors (Lipinski definition) is 1. The van der Waals surface area contributed by atoms with Crippen LogP contribution in [0.4, 0.5) is 5.69 Å². The molecule has 0 aliphatic carbocycles. The molecule has 0 unspecified atom stereocenters. The molecular formula is C17H17NO2S. The SMILES string of the molecule is CC(=O)c1cccc(NC(=O)CSc2ccc(C)cc2)c1. The normalized spacial score (nSPS) is 10.2. The predicted octanol–water partition coefficient (Wildman–Crippen LogP) is 3.93. The first-order valence-corrected chi connectivity index (χ1v) is 7.63. The van der Waals surface area contributed by atoms with Crippen molar-refractivity contribution in [1.82, 2.24) is 0 Å². The molecule has 3 nitrogen and oxygen atoms in total. The molecule has 108 valence electrons. The predicted molar refractivity (Wildman–Crippen MR) is 87.0 cm³/mol. The Bertz CT molecular complexity index is 650. The van der Waals surface area contributed by atoms with E-state index in [0.29, 0.717) is 17.0 Å². The monoisotopic (exact) mass is 299 g/mol. The van der Waals surface area contributed by atoms with Gasteiger partial charge in [-0.1, -0.05) is 29.8 Å². The van der Waals surface area contributed by atoms with Crippen molar-refractivity contribution in [3.8, 4) is 0 Å². The molecule has 4 heteroatoms. The van der Waals surface area contributed by atoms with Gasteiger partial charge in [0.25, 0.3) is 0 Å². The van der Waals surface area contributed by atoms with Gasteiger partial charge in [-0.15, -0.1) is 11.8 Å². The van der Waals surface area contributed by atoms with E-state index in [4.69, 9.17) is 0 Å². The number of benzene rings is 2. The van der Waals surface area contributed by atoms with Gasteiger partial charge < -0.3 is 5.32 Å². The molecule has 0 aromatic heterocycles. The summed E-state index contributed by atoms with van der Waals surface area (Å²) in [4.78, 5) is 24.3. The first-order chi connectivity index (χ1) is 10.0. The van der Waals surface area contributed by atoms with Crippen LogP contribution in [0.1, 0.15) is 22.8 Å². The van der Waals surface area contributed by atoms with Gasteiger partial charge in [0.1, 0.15) is 0 Å². The lowest BCUT2D eigenvalue weighted by molar-refractivity contribution is -0.113. The molecule has 0 aliphatic rings. The molecule has 0 atom stereocenters. The van der Waals surface area contributed by atoms with Crippen molar-refractivity contribution in [2.45, 2.75) is 18.7 Å². The van der Waals surface area contributed by atoms with Gasteiger partial charge in [-0.25, -0.2) is 0 Å². The number of hydrogen-bond acceptors (Lipinski definition) is 3. The van der Waals surface area contributed by atoms with Crippen LogP contribution in [0.25, 0.3) is 0 Å². The number of rotatable bonds is 5. The van der Waals surface area contributed by atoms with Crippen molar-refractivity contribution in [3.05, 3.63) is 59.7 Å². The second-order valence-corrected chi connectivity index (χ2v) is 5.84. The van der Waals surface area contributed by atoms with Gasteiger partial charge in [0.05, 0.1) is 5.75 Å². The maximum absolute atomic E-state index is 11.9. The van der Waals surface area contributed by atoms with Gasteiger partial charge in [-0.2, -0.15) is 0 Å². The highest BCUT2D eigenvalue weighted by Gasteiger charge is 2.05. The van der Waals surface area contributed by atoms with E-state index in [-0.39, 0.29) is 11.7 Å². The lowest BCUT2D eigenvalue weighted by Crippen LogP contribution is -2.14. The van der Waals surface area contributed by atoms with Gasteiger partial charge in [-0.05, 0) is 38.1 Å². The van der Waals surface area contributed by atoms with Gasteiger partial charge in [0.2, 0.25) is 5.91 Å². The third-order valence-electron chi connectivity index (χ3n) is 2.94.